The Labute approximate surface area is 94.1 Å². The van der Waals surface area contributed by atoms with E-state index in [0.717, 1.165) is 11.3 Å². The highest BCUT2D eigenvalue weighted by molar-refractivity contribution is 5.98. The van der Waals surface area contributed by atoms with Crippen LogP contribution in [0.4, 0.5) is 0 Å². The van der Waals surface area contributed by atoms with Crippen LogP contribution in [-0.2, 0) is 6.42 Å². The first-order valence-electron chi connectivity index (χ1n) is 5.15. The lowest BCUT2D eigenvalue weighted by molar-refractivity contribution is 0.0991. The molecule has 0 aliphatic rings. The van der Waals surface area contributed by atoms with Crippen LogP contribution >= 0.6 is 0 Å². The lowest BCUT2D eigenvalue weighted by atomic mass is 10.0. The highest BCUT2D eigenvalue weighted by Gasteiger charge is 2.11. The third-order valence-electron chi connectivity index (χ3n) is 2.48. The minimum Gasteiger partial charge on any atom is -0.469 e. The molecule has 3 nitrogen and oxygen atoms in total. The molecule has 2 aromatic rings. The summed E-state index contributed by atoms with van der Waals surface area (Å²) in [5, 5.41) is 0. The molecule has 0 aliphatic carbocycles. The second kappa shape index (κ2) is 4.31. The maximum absolute atomic E-state index is 11.9. The summed E-state index contributed by atoms with van der Waals surface area (Å²) in [6.07, 6.45) is 3.66. The third-order valence-corrected chi connectivity index (χ3v) is 2.48. The van der Waals surface area contributed by atoms with Gasteiger partial charge in [0.1, 0.15) is 5.76 Å². The number of hydrogen-bond donors (Lipinski definition) is 0. The molecule has 0 radical (unpaired) electrons. The highest BCUT2D eigenvalue weighted by atomic mass is 16.3. The van der Waals surface area contributed by atoms with Gasteiger partial charge in [0.25, 0.3) is 0 Å². The molecular weight excluding hydrogens is 202 g/mol. The van der Waals surface area contributed by atoms with Gasteiger partial charge in [0, 0.05) is 18.3 Å². The molecule has 0 amide bonds. The van der Waals surface area contributed by atoms with Crippen LogP contribution < -0.4 is 0 Å². The van der Waals surface area contributed by atoms with Gasteiger partial charge in [-0.25, -0.2) is 0 Å². The van der Waals surface area contributed by atoms with Gasteiger partial charge in [-0.3, -0.25) is 9.78 Å². The lowest BCUT2D eigenvalue weighted by Gasteiger charge is -2.01. The van der Waals surface area contributed by atoms with Gasteiger partial charge in [0.05, 0.1) is 11.8 Å². The van der Waals surface area contributed by atoms with Crippen molar-refractivity contribution >= 4 is 5.78 Å². The van der Waals surface area contributed by atoms with E-state index < -0.39 is 0 Å². The number of carbonyl (C=O) groups is 1. The smallest absolute Gasteiger partial charge is 0.170 e. The first kappa shape index (κ1) is 10.6. The Bertz CT molecular complexity index is 514. The maximum atomic E-state index is 11.9. The van der Waals surface area contributed by atoms with Gasteiger partial charge in [0.2, 0.25) is 0 Å². The number of rotatable bonds is 3. The van der Waals surface area contributed by atoms with Crippen molar-refractivity contribution in [2.45, 2.75) is 20.3 Å². The number of aromatic nitrogens is 1. The number of hydrogen-bond acceptors (Lipinski definition) is 3. The minimum atomic E-state index is 0.0804. The zero-order chi connectivity index (χ0) is 11.5. The number of nitrogens with zero attached hydrogens (tertiary/aromatic N) is 1. The molecule has 82 valence electrons. The van der Waals surface area contributed by atoms with E-state index in [2.05, 4.69) is 4.98 Å². The summed E-state index contributed by atoms with van der Waals surface area (Å²) in [6.45, 7) is 3.71. The van der Waals surface area contributed by atoms with Crippen molar-refractivity contribution < 1.29 is 9.21 Å². The third kappa shape index (κ3) is 2.19. The van der Waals surface area contributed by atoms with Gasteiger partial charge in [-0.1, -0.05) is 0 Å². The van der Waals surface area contributed by atoms with Crippen molar-refractivity contribution in [1.82, 2.24) is 4.98 Å². The summed E-state index contributed by atoms with van der Waals surface area (Å²) >= 11 is 0. The van der Waals surface area contributed by atoms with E-state index in [4.69, 9.17) is 4.42 Å². The number of pyridine rings is 1. The molecule has 0 N–H and O–H groups in total. The normalized spacial score (nSPS) is 10.4. The molecule has 0 bridgehead atoms. The Morgan fingerprint density at radius 1 is 1.38 bits per heavy atom. The van der Waals surface area contributed by atoms with E-state index in [9.17, 15) is 4.79 Å². The predicted molar refractivity (Wildman–Crippen MR) is 60.5 cm³/mol. The summed E-state index contributed by atoms with van der Waals surface area (Å²) in [5.74, 6) is 0.757. The Morgan fingerprint density at radius 3 is 2.81 bits per heavy atom. The van der Waals surface area contributed by atoms with E-state index in [1.54, 1.807) is 25.5 Å². The second-order valence-electron chi connectivity index (χ2n) is 3.80. The number of furan rings is 1. The molecule has 16 heavy (non-hydrogen) atoms. The van der Waals surface area contributed by atoms with E-state index in [-0.39, 0.29) is 5.78 Å². The SMILES string of the molecule is Cc1cc(CC(=O)c2ccoc2C)ccn1. The van der Waals surface area contributed by atoms with Gasteiger partial charge < -0.3 is 4.42 Å². The molecule has 3 heteroatoms. The van der Waals surface area contributed by atoms with Gasteiger partial charge in [-0.05, 0) is 37.6 Å². The Balaban J connectivity index is 2.17. The standard InChI is InChI=1S/C13H13NO2/c1-9-7-11(3-5-14-9)8-13(15)12-4-6-16-10(12)2/h3-7H,8H2,1-2H3. The monoisotopic (exact) mass is 215 g/mol. The first-order chi connectivity index (χ1) is 7.66. The Morgan fingerprint density at radius 2 is 2.19 bits per heavy atom. The largest absolute Gasteiger partial charge is 0.469 e. The number of ketones is 1. The summed E-state index contributed by atoms with van der Waals surface area (Å²) in [4.78, 5) is 16.0. The molecule has 0 fully saturated rings. The quantitative estimate of drug-likeness (QED) is 0.739. The average molecular weight is 215 g/mol. The number of Topliss-reactive ketones (excluding diaryl/α,β-unsaturated/α-hetero) is 1. The fraction of sp³-hybridized carbons (Fsp3) is 0.231. The molecule has 0 aliphatic heterocycles. The summed E-state index contributed by atoms with van der Waals surface area (Å²) in [6, 6.07) is 5.50. The van der Waals surface area contributed by atoms with Crippen molar-refractivity contribution in [2.24, 2.45) is 0 Å². The minimum absolute atomic E-state index is 0.0804. The predicted octanol–water partition coefficient (Wildman–Crippen LogP) is 2.72. The van der Waals surface area contributed by atoms with Crippen LogP contribution in [0, 0.1) is 13.8 Å². The topological polar surface area (TPSA) is 43.1 Å². The Kier molecular flexibility index (Phi) is 2.86. The maximum Gasteiger partial charge on any atom is 0.170 e. The first-order valence-corrected chi connectivity index (χ1v) is 5.15. The van der Waals surface area contributed by atoms with Crippen LogP contribution in [0.2, 0.25) is 0 Å². The van der Waals surface area contributed by atoms with Gasteiger partial charge in [-0.2, -0.15) is 0 Å². The summed E-state index contributed by atoms with van der Waals surface area (Å²) in [5.41, 5.74) is 2.57. The average Bonchev–Trinajstić information content (AvgIpc) is 2.64. The van der Waals surface area contributed by atoms with Crippen LogP contribution in [0.3, 0.4) is 0 Å². The molecule has 0 saturated heterocycles. The summed E-state index contributed by atoms with van der Waals surface area (Å²) in [7, 11) is 0. The van der Waals surface area contributed by atoms with E-state index in [1.165, 1.54) is 0 Å². The van der Waals surface area contributed by atoms with Crippen molar-refractivity contribution in [2.75, 3.05) is 0 Å². The highest BCUT2D eigenvalue weighted by Crippen LogP contribution is 2.13. The molecule has 0 atom stereocenters. The van der Waals surface area contributed by atoms with E-state index >= 15 is 0 Å². The summed E-state index contributed by atoms with van der Waals surface area (Å²) < 4.78 is 5.11. The van der Waals surface area contributed by atoms with Gasteiger partial charge in [0.15, 0.2) is 5.78 Å². The van der Waals surface area contributed by atoms with Crippen LogP contribution in [-0.4, -0.2) is 10.8 Å². The lowest BCUT2D eigenvalue weighted by Crippen LogP contribution is -2.04. The fourth-order valence-electron chi connectivity index (χ4n) is 1.67. The fourth-order valence-corrected chi connectivity index (χ4v) is 1.67. The molecular formula is C13H13NO2. The Hall–Kier alpha value is -1.90. The van der Waals surface area contributed by atoms with Crippen LogP contribution in [0.25, 0.3) is 0 Å². The second-order valence-corrected chi connectivity index (χ2v) is 3.80. The number of carbonyl (C=O) groups excluding carboxylic acids is 1. The van der Waals surface area contributed by atoms with Crippen LogP contribution in [0.5, 0.6) is 0 Å². The van der Waals surface area contributed by atoms with Crippen molar-refractivity contribution in [3.63, 3.8) is 0 Å². The molecule has 0 saturated carbocycles. The number of aryl methyl sites for hydroxylation is 2. The van der Waals surface area contributed by atoms with Crippen LogP contribution in [0.15, 0.2) is 35.1 Å². The molecule has 0 aromatic carbocycles. The molecule has 2 heterocycles. The molecule has 0 unspecified atom stereocenters. The van der Waals surface area contributed by atoms with Crippen molar-refractivity contribution in [1.29, 1.82) is 0 Å². The zero-order valence-electron chi connectivity index (χ0n) is 9.36. The molecule has 0 spiro atoms. The van der Waals surface area contributed by atoms with E-state index in [1.807, 2.05) is 19.1 Å². The molecule has 2 aromatic heterocycles. The van der Waals surface area contributed by atoms with Crippen molar-refractivity contribution in [3.8, 4) is 0 Å². The molecule has 2 rings (SSSR count). The van der Waals surface area contributed by atoms with Crippen LogP contribution in [0.1, 0.15) is 27.4 Å². The van der Waals surface area contributed by atoms with Gasteiger partial charge in [-0.15, -0.1) is 0 Å². The zero-order valence-corrected chi connectivity index (χ0v) is 9.36. The van der Waals surface area contributed by atoms with Gasteiger partial charge >= 0.3 is 0 Å². The van der Waals surface area contributed by atoms with E-state index in [0.29, 0.717) is 17.7 Å². The van der Waals surface area contributed by atoms with Crippen molar-refractivity contribution in [3.05, 3.63) is 53.2 Å².